The van der Waals surface area contributed by atoms with Crippen molar-refractivity contribution < 1.29 is 17.6 Å². The molecule has 1 atom stereocenters. The van der Waals surface area contributed by atoms with Gasteiger partial charge >= 0.3 is 0 Å². The van der Waals surface area contributed by atoms with Crippen molar-refractivity contribution in [1.82, 2.24) is 9.88 Å². The van der Waals surface area contributed by atoms with Crippen molar-refractivity contribution in [2.45, 2.75) is 25.8 Å². The molecule has 1 aliphatic heterocycles. The maximum atomic E-state index is 12.8. The van der Waals surface area contributed by atoms with Crippen molar-refractivity contribution in [3.8, 4) is 10.8 Å². The molecule has 0 bridgehead atoms. The molecule has 2 aromatic rings. The van der Waals surface area contributed by atoms with Crippen LogP contribution in [0.3, 0.4) is 0 Å². The summed E-state index contributed by atoms with van der Waals surface area (Å²) in [5, 5.41) is 2.35. The average Bonchev–Trinajstić information content (AvgIpc) is 3.23. The van der Waals surface area contributed by atoms with E-state index in [0.29, 0.717) is 29.4 Å². The zero-order valence-electron chi connectivity index (χ0n) is 12.8. The summed E-state index contributed by atoms with van der Waals surface area (Å²) in [5.74, 6) is 0.621. The minimum Gasteiger partial charge on any atom is -0.462 e. The number of carbonyl (C=O) groups is 1. The van der Waals surface area contributed by atoms with Crippen LogP contribution < -0.4 is 0 Å². The van der Waals surface area contributed by atoms with Gasteiger partial charge in [-0.2, -0.15) is 0 Å². The van der Waals surface area contributed by atoms with Crippen LogP contribution >= 0.6 is 11.3 Å². The molecule has 1 amide bonds. The van der Waals surface area contributed by atoms with Gasteiger partial charge in [-0.15, -0.1) is 11.3 Å². The Hall–Kier alpha value is -1.67. The second-order valence-electron chi connectivity index (χ2n) is 5.57. The van der Waals surface area contributed by atoms with Crippen LogP contribution in [0, 0.1) is 0 Å². The molecular weight excluding hydrogens is 336 g/mol. The second kappa shape index (κ2) is 6.45. The van der Waals surface area contributed by atoms with Crippen LogP contribution in [-0.4, -0.2) is 48.3 Å². The second-order valence-corrected chi connectivity index (χ2v) is 8.66. The molecule has 1 aliphatic rings. The van der Waals surface area contributed by atoms with Crippen molar-refractivity contribution in [2.75, 3.05) is 18.1 Å². The van der Waals surface area contributed by atoms with Gasteiger partial charge in [0.2, 0.25) is 0 Å². The first-order valence-electron chi connectivity index (χ1n) is 7.51. The number of nitrogens with zero attached hydrogens (tertiary/aromatic N) is 2. The number of amides is 1. The molecule has 1 saturated heterocycles. The molecule has 23 heavy (non-hydrogen) atoms. The van der Waals surface area contributed by atoms with E-state index >= 15 is 0 Å². The van der Waals surface area contributed by atoms with Gasteiger partial charge in [0.1, 0.15) is 5.69 Å². The summed E-state index contributed by atoms with van der Waals surface area (Å²) in [5.41, 5.74) is 0.346. The van der Waals surface area contributed by atoms with Crippen LogP contribution in [0.1, 0.15) is 30.3 Å². The van der Waals surface area contributed by atoms with E-state index < -0.39 is 9.84 Å². The third-order valence-corrected chi connectivity index (χ3v) is 6.44. The molecule has 0 radical (unpaired) electrons. The van der Waals surface area contributed by atoms with E-state index in [1.54, 1.807) is 28.7 Å². The third-order valence-electron chi connectivity index (χ3n) is 3.83. The van der Waals surface area contributed by atoms with E-state index in [1.165, 1.54) is 11.3 Å². The summed E-state index contributed by atoms with van der Waals surface area (Å²) in [6.45, 7) is 2.51. The van der Waals surface area contributed by atoms with Crippen LogP contribution in [0.15, 0.2) is 28.2 Å². The fourth-order valence-corrected chi connectivity index (χ4v) is 5.24. The molecule has 1 fully saturated rings. The summed E-state index contributed by atoms with van der Waals surface area (Å²) in [6, 6.07) is 3.31. The van der Waals surface area contributed by atoms with E-state index in [2.05, 4.69) is 4.98 Å². The van der Waals surface area contributed by atoms with E-state index in [0.717, 1.165) is 6.42 Å². The summed E-state index contributed by atoms with van der Waals surface area (Å²) in [7, 11) is -3.03. The third kappa shape index (κ3) is 3.48. The molecule has 124 valence electrons. The van der Waals surface area contributed by atoms with Crippen LogP contribution in [0.25, 0.3) is 10.8 Å². The molecule has 2 aromatic heterocycles. The standard InChI is InChI=1S/C15H18N2O4S2/c1-2-6-17(11-5-8-23(19,20)10-11)15(18)12-9-22-14(16-12)13-4-3-7-21-13/h3-4,7,9,11H,2,5-6,8,10H2,1H3. The Kier molecular flexibility index (Phi) is 4.54. The predicted molar refractivity (Wildman–Crippen MR) is 88.2 cm³/mol. The number of aromatic nitrogens is 1. The molecule has 1 unspecified atom stereocenters. The van der Waals surface area contributed by atoms with E-state index in [9.17, 15) is 13.2 Å². The highest BCUT2D eigenvalue weighted by Gasteiger charge is 2.35. The number of thiazole rings is 1. The number of hydrogen-bond donors (Lipinski definition) is 0. The fraction of sp³-hybridized carbons (Fsp3) is 0.467. The van der Waals surface area contributed by atoms with E-state index in [-0.39, 0.29) is 23.5 Å². The fourth-order valence-electron chi connectivity index (χ4n) is 2.74. The maximum absolute atomic E-state index is 12.8. The highest BCUT2D eigenvalue weighted by atomic mass is 32.2. The topological polar surface area (TPSA) is 80.5 Å². The molecule has 3 heterocycles. The monoisotopic (exact) mass is 354 g/mol. The lowest BCUT2D eigenvalue weighted by molar-refractivity contribution is 0.0692. The SMILES string of the molecule is CCCN(C(=O)c1csc(-c2ccco2)n1)C1CCS(=O)(=O)C1. The molecule has 0 aliphatic carbocycles. The Morgan fingerprint density at radius 1 is 1.52 bits per heavy atom. The molecule has 0 saturated carbocycles. The van der Waals surface area contributed by atoms with Gasteiger partial charge in [-0.05, 0) is 25.0 Å². The Morgan fingerprint density at radius 3 is 2.96 bits per heavy atom. The molecule has 8 heteroatoms. The number of sulfone groups is 1. The van der Waals surface area contributed by atoms with Gasteiger partial charge in [-0.25, -0.2) is 13.4 Å². The maximum Gasteiger partial charge on any atom is 0.273 e. The van der Waals surface area contributed by atoms with Crippen molar-refractivity contribution in [3.05, 3.63) is 29.5 Å². The molecule has 0 aromatic carbocycles. The van der Waals surface area contributed by atoms with Gasteiger partial charge < -0.3 is 9.32 Å². The summed E-state index contributed by atoms with van der Waals surface area (Å²) < 4.78 is 28.7. The highest BCUT2D eigenvalue weighted by Crippen LogP contribution is 2.26. The number of rotatable bonds is 5. The van der Waals surface area contributed by atoms with Gasteiger partial charge in [-0.3, -0.25) is 4.79 Å². The van der Waals surface area contributed by atoms with Crippen molar-refractivity contribution in [2.24, 2.45) is 0 Å². The Balaban J connectivity index is 1.81. The quantitative estimate of drug-likeness (QED) is 0.824. The normalized spacial score (nSPS) is 19.8. The van der Waals surface area contributed by atoms with Crippen molar-refractivity contribution in [3.63, 3.8) is 0 Å². The van der Waals surface area contributed by atoms with E-state index in [1.807, 2.05) is 6.92 Å². The minimum absolute atomic E-state index is 0.0495. The summed E-state index contributed by atoms with van der Waals surface area (Å²) >= 11 is 1.34. The summed E-state index contributed by atoms with van der Waals surface area (Å²) in [4.78, 5) is 18.8. The highest BCUT2D eigenvalue weighted by molar-refractivity contribution is 7.91. The van der Waals surface area contributed by atoms with Crippen LogP contribution in [0.5, 0.6) is 0 Å². The molecular formula is C15H18N2O4S2. The zero-order valence-corrected chi connectivity index (χ0v) is 14.4. The Labute approximate surface area is 139 Å². The van der Waals surface area contributed by atoms with Gasteiger partial charge in [0.15, 0.2) is 20.6 Å². The smallest absolute Gasteiger partial charge is 0.273 e. The molecule has 6 nitrogen and oxygen atoms in total. The van der Waals surface area contributed by atoms with Crippen LogP contribution in [-0.2, 0) is 9.84 Å². The van der Waals surface area contributed by atoms with Crippen LogP contribution in [0.2, 0.25) is 0 Å². The van der Waals surface area contributed by atoms with Gasteiger partial charge in [-0.1, -0.05) is 6.92 Å². The largest absolute Gasteiger partial charge is 0.462 e. The first-order chi connectivity index (χ1) is 11.0. The Morgan fingerprint density at radius 2 is 2.35 bits per heavy atom. The van der Waals surface area contributed by atoms with Crippen LogP contribution in [0.4, 0.5) is 0 Å². The molecule has 3 rings (SSSR count). The van der Waals surface area contributed by atoms with Crippen molar-refractivity contribution >= 4 is 27.1 Å². The predicted octanol–water partition coefficient (Wildman–Crippen LogP) is 2.44. The minimum atomic E-state index is -3.03. The Bertz CT molecular complexity index is 780. The zero-order chi connectivity index (χ0) is 16.4. The summed E-state index contributed by atoms with van der Waals surface area (Å²) in [6.07, 6.45) is 2.84. The van der Waals surface area contributed by atoms with E-state index in [4.69, 9.17) is 4.42 Å². The lowest BCUT2D eigenvalue weighted by atomic mass is 10.2. The number of furan rings is 1. The average molecular weight is 354 g/mol. The molecule has 0 N–H and O–H groups in total. The number of hydrogen-bond acceptors (Lipinski definition) is 6. The van der Waals surface area contributed by atoms with Gasteiger partial charge in [0, 0.05) is 18.0 Å². The van der Waals surface area contributed by atoms with Crippen molar-refractivity contribution in [1.29, 1.82) is 0 Å². The number of carbonyl (C=O) groups excluding carboxylic acids is 1. The lowest BCUT2D eigenvalue weighted by Gasteiger charge is -2.27. The van der Waals surface area contributed by atoms with Gasteiger partial charge in [0.05, 0.1) is 17.8 Å². The first kappa shape index (κ1) is 16.2. The first-order valence-corrected chi connectivity index (χ1v) is 10.2. The van der Waals surface area contributed by atoms with Gasteiger partial charge in [0.25, 0.3) is 5.91 Å². The lowest BCUT2D eigenvalue weighted by Crippen LogP contribution is -2.41. The molecule has 0 spiro atoms.